The van der Waals surface area contributed by atoms with Gasteiger partial charge in [-0.25, -0.2) is 0 Å². The zero-order valence-corrected chi connectivity index (χ0v) is 12.4. The largest absolute Gasteiger partial charge is 0.508 e. The fraction of sp³-hybridized carbons (Fsp3) is 0.222. The summed E-state index contributed by atoms with van der Waals surface area (Å²) in [5, 5.41) is 9.71. The van der Waals surface area contributed by atoms with Gasteiger partial charge in [0.05, 0.1) is 7.11 Å². The van der Waals surface area contributed by atoms with Crippen molar-refractivity contribution in [3.05, 3.63) is 58.1 Å². The highest BCUT2D eigenvalue weighted by atomic mass is 16.5. The molecular weight excluding hydrogens is 248 g/mol. The Balaban J connectivity index is 2.31. The van der Waals surface area contributed by atoms with Gasteiger partial charge in [0.15, 0.2) is 0 Å². The van der Waals surface area contributed by atoms with Gasteiger partial charge in [0.1, 0.15) is 11.5 Å². The minimum absolute atomic E-state index is 0.324. The summed E-state index contributed by atoms with van der Waals surface area (Å²) in [6, 6.07) is 9.82. The molecule has 0 saturated heterocycles. The second-order valence-electron chi connectivity index (χ2n) is 5.04. The molecule has 0 heterocycles. The second kappa shape index (κ2) is 5.83. The molecule has 0 amide bonds. The molecule has 0 spiro atoms. The van der Waals surface area contributed by atoms with E-state index < -0.39 is 0 Å². The maximum absolute atomic E-state index is 9.71. The average Bonchev–Trinajstić information content (AvgIpc) is 2.43. The maximum Gasteiger partial charge on any atom is 0.122 e. The van der Waals surface area contributed by atoms with Crippen molar-refractivity contribution >= 4 is 12.2 Å². The third-order valence-electron chi connectivity index (χ3n) is 3.56. The van der Waals surface area contributed by atoms with E-state index in [0.717, 1.165) is 28.0 Å². The van der Waals surface area contributed by atoms with Gasteiger partial charge in [0.25, 0.3) is 0 Å². The lowest BCUT2D eigenvalue weighted by molar-refractivity contribution is 0.411. The van der Waals surface area contributed by atoms with Crippen LogP contribution in [0.2, 0.25) is 0 Å². The Labute approximate surface area is 120 Å². The number of rotatable bonds is 3. The minimum Gasteiger partial charge on any atom is -0.508 e. The Morgan fingerprint density at radius 1 is 0.900 bits per heavy atom. The Bertz CT molecular complexity index is 655. The van der Waals surface area contributed by atoms with Crippen molar-refractivity contribution in [1.82, 2.24) is 0 Å². The fourth-order valence-electron chi connectivity index (χ4n) is 2.08. The van der Waals surface area contributed by atoms with Crippen LogP contribution in [-0.2, 0) is 0 Å². The Morgan fingerprint density at radius 3 is 2.25 bits per heavy atom. The van der Waals surface area contributed by atoms with Crippen LogP contribution >= 0.6 is 0 Å². The number of phenolic OH excluding ortho intramolecular Hbond substituents is 1. The van der Waals surface area contributed by atoms with Gasteiger partial charge in [0.2, 0.25) is 0 Å². The first-order valence-electron chi connectivity index (χ1n) is 6.64. The van der Waals surface area contributed by atoms with Gasteiger partial charge in [-0.1, -0.05) is 30.4 Å². The number of ether oxygens (including phenoxy) is 1. The molecule has 2 aromatic carbocycles. The first-order chi connectivity index (χ1) is 9.51. The molecule has 0 unspecified atom stereocenters. The van der Waals surface area contributed by atoms with E-state index in [2.05, 4.69) is 19.9 Å². The normalized spacial score (nSPS) is 11.0. The SMILES string of the molecule is COc1cc(/C=C\c2ccc(C)c(O)c2)cc(C)c1C. The van der Waals surface area contributed by atoms with Gasteiger partial charge in [-0.05, 0) is 60.7 Å². The van der Waals surface area contributed by atoms with Crippen LogP contribution in [0, 0.1) is 20.8 Å². The molecule has 104 valence electrons. The first kappa shape index (κ1) is 14.2. The van der Waals surface area contributed by atoms with Crippen molar-refractivity contribution in [2.45, 2.75) is 20.8 Å². The van der Waals surface area contributed by atoms with E-state index in [1.165, 1.54) is 5.56 Å². The fourth-order valence-corrected chi connectivity index (χ4v) is 2.08. The van der Waals surface area contributed by atoms with Gasteiger partial charge in [-0.2, -0.15) is 0 Å². The zero-order valence-electron chi connectivity index (χ0n) is 12.4. The van der Waals surface area contributed by atoms with Crippen molar-refractivity contribution in [3.63, 3.8) is 0 Å². The molecule has 0 bridgehead atoms. The molecule has 0 aliphatic rings. The number of methoxy groups -OCH3 is 1. The summed E-state index contributed by atoms with van der Waals surface area (Å²) in [7, 11) is 1.69. The van der Waals surface area contributed by atoms with Crippen LogP contribution in [-0.4, -0.2) is 12.2 Å². The lowest BCUT2D eigenvalue weighted by Gasteiger charge is -2.09. The predicted octanol–water partition coefficient (Wildman–Crippen LogP) is 4.50. The molecular formula is C18H20O2. The van der Waals surface area contributed by atoms with Gasteiger partial charge >= 0.3 is 0 Å². The van der Waals surface area contributed by atoms with Gasteiger partial charge < -0.3 is 9.84 Å². The van der Waals surface area contributed by atoms with E-state index in [1.54, 1.807) is 13.2 Å². The monoisotopic (exact) mass is 268 g/mol. The average molecular weight is 268 g/mol. The standard InChI is InChI=1S/C18H20O2/c1-12-5-6-15(10-17(12)19)7-8-16-9-13(2)14(3)18(11-16)20-4/h5-11,19H,1-4H3/b8-7-. The molecule has 0 saturated carbocycles. The highest BCUT2D eigenvalue weighted by Gasteiger charge is 2.03. The maximum atomic E-state index is 9.71. The molecule has 2 aromatic rings. The number of aromatic hydroxyl groups is 1. The molecule has 0 aromatic heterocycles. The minimum atomic E-state index is 0.324. The summed E-state index contributed by atoms with van der Waals surface area (Å²) in [4.78, 5) is 0. The van der Waals surface area contributed by atoms with Crippen LogP contribution in [0.1, 0.15) is 27.8 Å². The van der Waals surface area contributed by atoms with Crippen LogP contribution < -0.4 is 4.74 Å². The number of benzene rings is 2. The number of phenols is 1. The molecule has 0 aliphatic heterocycles. The van der Waals surface area contributed by atoms with Crippen molar-refractivity contribution < 1.29 is 9.84 Å². The van der Waals surface area contributed by atoms with Crippen LogP contribution in [0.15, 0.2) is 30.3 Å². The molecule has 1 N–H and O–H groups in total. The third kappa shape index (κ3) is 3.02. The van der Waals surface area contributed by atoms with E-state index in [1.807, 2.05) is 37.3 Å². The van der Waals surface area contributed by atoms with Crippen molar-refractivity contribution in [1.29, 1.82) is 0 Å². The van der Waals surface area contributed by atoms with Gasteiger partial charge in [-0.15, -0.1) is 0 Å². The Kier molecular flexibility index (Phi) is 4.14. The molecule has 0 aliphatic carbocycles. The predicted molar refractivity (Wildman–Crippen MR) is 84.2 cm³/mol. The summed E-state index contributed by atoms with van der Waals surface area (Å²) in [5.41, 5.74) is 5.32. The topological polar surface area (TPSA) is 29.5 Å². The molecule has 0 fully saturated rings. The highest BCUT2D eigenvalue weighted by molar-refractivity contribution is 5.71. The van der Waals surface area contributed by atoms with Crippen LogP contribution in [0.4, 0.5) is 0 Å². The highest BCUT2D eigenvalue weighted by Crippen LogP contribution is 2.25. The van der Waals surface area contributed by atoms with E-state index >= 15 is 0 Å². The second-order valence-corrected chi connectivity index (χ2v) is 5.04. The van der Waals surface area contributed by atoms with Crippen LogP contribution in [0.25, 0.3) is 12.2 Å². The van der Waals surface area contributed by atoms with E-state index in [9.17, 15) is 5.11 Å². The lowest BCUT2D eigenvalue weighted by atomic mass is 10.0. The zero-order chi connectivity index (χ0) is 14.7. The summed E-state index contributed by atoms with van der Waals surface area (Å²) in [6.07, 6.45) is 4.02. The Morgan fingerprint density at radius 2 is 1.60 bits per heavy atom. The number of hydrogen-bond donors (Lipinski definition) is 1. The summed E-state index contributed by atoms with van der Waals surface area (Å²) in [5.74, 6) is 1.22. The number of aryl methyl sites for hydroxylation is 2. The molecule has 20 heavy (non-hydrogen) atoms. The summed E-state index contributed by atoms with van der Waals surface area (Å²) >= 11 is 0. The van der Waals surface area contributed by atoms with Gasteiger partial charge in [0, 0.05) is 0 Å². The smallest absolute Gasteiger partial charge is 0.122 e. The molecule has 0 radical (unpaired) electrons. The summed E-state index contributed by atoms with van der Waals surface area (Å²) in [6.45, 7) is 6.02. The van der Waals surface area contributed by atoms with Crippen molar-refractivity contribution in [3.8, 4) is 11.5 Å². The molecule has 2 heteroatoms. The van der Waals surface area contributed by atoms with E-state index in [4.69, 9.17) is 4.74 Å². The first-order valence-corrected chi connectivity index (χ1v) is 6.64. The quantitative estimate of drug-likeness (QED) is 0.831. The van der Waals surface area contributed by atoms with E-state index in [-0.39, 0.29) is 0 Å². The molecule has 0 atom stereocenters. The number of hydrogen-bond acceptors (Lipinski definition) is 2. The van der Waals surface area contributed by atoms with Gasteiger partial charge in [-0.3, -0.25) is 0 Å². The van der Waals surface area contributed by atoms with E-state index in [0.29, 0.717) is 5.75 Å². The lowest BCUT2D eigenvalue weighted by Crippen LogP contribution is -1.91. The Hall–Kier alpha value is -2.22. The van der Waals surface area contributed by atoms with Crippen LogP contribution in [0.5, 0.6) is 11.5 Å². The summed E-state index contributed by atoms with van der Waals surface area (Å²) < 4.78 is 5.38. The van der Waals surface area contributed by atoms with Crippen molar-refractivity contribution in [2.75, 3.05) is 7.11 Å². The molecule has 2 rings (SSSR count). The third-order valence-corrected chi connectivity index (χ3v) is 3.56. The van der Waals surface area contributed by atoms with Crippen molar-refractivity contribution in [2.24, 2.45) is 0 Å². The molecule has 2 nitrogen and oxygen atoms in total. The van der Waals surface area contributed by atoms with Crippen LogP contribution in [0.3, 0.4) is 0 Å².